The normalized spacial score (nSPS) is 12.8. The van der Waals surface area contributed by atoms with Crippen molar-refractivity contribution < 1.29 is 9.52 Å². The van der Waals surface area contributed by atoms with Crippen molar-refractivity contribution in [2.24, 2.45) is 0 Å². The van der Waals surface area contributed by atoms with E-state index in [1.54, 1.807) is 12.1 Å². The number of nitrogens with zero attached hydrogens (tertiary/aromatic N) is 2. The zero-order chi connectivity index (χ0) is 31.6. The molecule has 0 bridgehead atoms. The smallest absolute Gasteiger partial charge is 0.231 e. The van der Waals surface area contributed by atoms with E-state index < -0.39 is 0 Å². The fraction of sp³-hybridized carbons (Fsp3) is 0.300. The molecular formula is C40H42N2O2. The average Bonchev–Trinajstić information content (AvgIpc) is 3.39. The van der Waals surface area contributed by atoms with Crippen molar-refractivity contribution in [3.63, 3.8) is 0 Å². The van der Waals surface area contributed by atoms with Crippen molar-refractivity contribution in [3.05, 3.63) is 102 Å². The fourth-order valence-corrected chi connectivity index (χ4v) is 5.82. The standard InChI is InChI=1S/C40H42N2O2/c1-38(2,3)27-21-25(19-26(22-27)31-23-28(39(4,5)6)20-24-13-12-18-41-34(24)31)29-16-17-32(40(7,8)9)36-35(29)42-37(44-36)30-14-10-11-15-33(30)43/h10-23,43H,1-9H3. The molecule has 1 N–H and O–H groups in total. The van der Waals surface area contributed by atoms with Crippen LogP contribution in [0.5, 0.6) is 5.75 Å². The number of rotatable bonds is 3. The minimum Gasteiger partial charge on any atom is -0.507 e. The summed E-state index contributed by atoms with van der Waals surface area (Å²) < 4.78 is 6.50. The van der Waals surface area contributed by atoms with Crippen LogP contribution < -0.4 is 0 Å². The molecule has 6 aromatic rings. The van der Waals surface area contributed by atoms with Gasteiger partial charge >= 0.3 is 0 Å². The van der Waals surface area contributed by atoms with Crippen LogP contribution in [0.4, 0.5) is 0 Å². The molecule has 0 aliphatic rings. The van der Waals surface area contributed by atoms with E-state index in [0.29, 0.717) is 11.5 Å². The summed E-state index contributed by atoms with van der Waals surface area (Å²) in [5.41, 5.74) is 10.7. The van der Waals surface area contributed by atoms with Gasteiger partial charge in [0.2, 0.25) is 5.89 Å². The van der Waals surface area contributed by atoms with Gasteiger partial charge in [-0.25, -0.2) is 4.98 Å². The molecule has 224 valence electrons. The maximum Gasteiger partial charge on any atom is 0.231 e. The molecule has 0 unspecified atom stereocenters. The SMILES string of the molecule is CC(C)(C)c1cc(-c2cc(C(C)(C)C)cc3cccnc23)cc(-c2ccc(C(C)(C)C)c3oc(-c4ccccc4O)nc23)c1. The zero-order valence-electron chi connectivity index (χ0n) is 27.3. The van der Waals surface area contributed by atoms with Gasteiger partial charge in [0.25, 0.3) is 0 Å². The Morgan fingerprint density at radius 1 is 0.591 bits per heavy atom. The Labute approximate surface area is 260 Å². The molecule has 4 heteroatoms. The minimum atomic E-state index is -0.164. The third kappa shape index (κ3) is 5.38. The second-order valence-electron chi connectivity index (χ2n) is 15.0. The van der Waals surface area contributed by atoms with Crippen LogP contribution in [0.25, 0.3) is 55.7 Å². The highest BCUT2D eigenvalue weighted by Crippen LogP contribution is 2.43. The molecule has 0 fully saturated rings. The summed E-state index contributed by atoms with van der Waals surface area (Å²) in [6.07, 6.45) is 1.88. The van der Waals surface area contributed by atoms with Crippen LogP contribution in [0.1, 0.15) is 79.0 Å². The Hall–Kier alpha value is -4.44. The summed E-state index contributed by atoms with van der Waals surface area (Å²) >= 11 is 0. The van der Waals surface area contributed by atoms with E-state index in [1.165, 1.54) is 11.1 Å². The van der Waals surface area contributed by atoms with E-state index >= 15 is 0 Å². The molecule has 0 saturated carbocycles. The monoisotopic (exact) mass is 582 g/mol. The van der Waals surface area contributed by atoms with Gasteiger partial charge in [-0.05, 0) is 74.9 Å². The van der Waals surface area contributed by atoms with Gasteiger partial charge in [-0.1, -0.05) is 105 Å². The molecule has 4 aromatic carbocycles. The number of phenolic OH excluding ortho intramolecular Hbond substituents is 1. The summed E-state index contributed by atoms with van der Waals surface area (Å²) in [6, 6.07) is 27.2. The van der Waals surface area contributed by atoms with Crippen molar-refractivity contribution in [1.82, 2.24) is 9.97 Å². The Balaban J connectivity index is 1.66. The lowest BCUT2D eigenvalue weighted by Gasteiger charge is -2.24. The van der Waals surface area contributed by atoms with Crippen LogP contribution in [0.2, 0.25) is 0 Å². The maximum atomic E-state index is 10.7. The van der Waals surface area contributed by atoms with E-state index in [9.17, 15) is 5.11 Å². The minimum absolute atomic E-state index is 0.0156. The van der Waals surface area contributed by atoms with E-state index in [0.717, 1.165) is 49.8 Å². The molecule has 0 spiro atoms. The highest BCUT2D eigenvalue weighted by molar-refractivity contribution is 5.98. The second kappa shape index (κ2) is 10.3. The highest BCUT2D eigenvalue weighted by atomic mass is 16.4. The van der Waals surface area contributed by atoms with Gasteiger partial charge in [0, 0.05) is 28.3 Å². The van der Waals surface area contributed by atoms with Crippen LogP contribution in [0.3, 0.4) is 0 Å². The molecule has 2 aromatic heterocycles. The summed E-state index contributed by atoms with van der Waals surface area (Å²) in [7, 11) is 0. The van der Waals surface area contributed by atoms with E-state index in [4.69, 9.17) is 14.4 Å². The van der Waals surface area contributed by atoms with Gasteiger partial charge in [0.1, 0.15) is 11.3 Å². The Morgan fingerprint density at radius 3 is 1.91 bits per heavy atom. The molecule has 0 aliphatic carbocycles. The van der Waals surface area contributed by atoms with Crippen molar-refractivity contribution >= 4 is 22.0 Å². The lowest BCUT2D eigenvalue weighted by Crippen LogP contribution is -2.13. The van der Waals surface area contributed by atoms with Crippen molar-refractivity contribution in [3.8, 4) is 39.5 Å². The number of hydrogen-bond donors (Lipinski definition) is 1. The van der Waals surface area contributed by atoms with Gasteiger partial charge in [-0.3, -0.25) is 4.98 Å². The quantitative estimate of drug-likeness (QED) is 0.225. The Morgan fingerprint density at radius 2 is 1.25 bits per heavy atom. The maximum absolute atomic E-state index is 10.7. The summed E-state index contributed by atoms with van der Waals surface area (Å²) in [6.45, 7) is 20.1. The van der Waals surface area contributed by atoms with Crippen LogP contribution in [0, 0.1) is 0 Å². The molecule has 6 rings (SSSR count). The molecule has 4 nitrogen and oxygen atoms in total. The predicted molar refractivity (Wildman–Crippen MR) is 183 cm³/mol. The topological polar surface area (TPSA) is 59.2 Å². The number of pyridine rings is 1. The van der Waals surface area contributed by atoms with Crippen LogP contribution >= 0.6 is 0 Å². The number of para-hydroxylation sites is 1. The van der Waals surface area contributed by atoms with Crippen molar-refractivity contribution in [2.75, 3.05) is 0 Å². The summed E-state index contributed by atoms with van der Waals surface area (Å²) in [5.74, 6) is 0.560. The molecule has 0 radical (unpaired) electrons. The predicted octanol–water partition coefficient (Wildman–Crippen LogP) is 11.0. The Kier molecular flexibility index (Phi) is 6.96. The lowest BCUT2D eigenvalue weighted by molar-refractivity contribution is 0.474. The fourth-order valence-electron chi connectivity index (χ4n) is 5.82. The summed E-state index contributed by atoms with van der Waals surface area (Å²) in [5, 5.41) is 11.8. The molecule has 0 atom stereocenters. The molecule has 0 saturated heterocycles. The first-order chi connectivity index (χ1) is 20.6. The highest BCUT2D eigenvalue weighted by Gasteiger charge is 2.26. The number of oxazole rings is 1. The van der Waals surface area contributed by atoms with Gasteiger partial charge in [0.15, 0.2) is 5.58 Å². The van der Waals surface area contributed by atoms with Gasteiger partial charge in [0.05, 0.1) is 11.1 Å². The number of phenols is 1. The third-order valence-corrected chi connectivity index (χ3v) is 8.48. The summed E-state index contributed by atoms with van der Waals surface area (Å²) in [4.78, 5) is 9.90. The van der Waals surface area contributed by atoms with Crippen molar-refractivity contribution in [1.29, 1.82) is 0 Å². The van der Waals surface area contributed by atoms with Gasteiger partial charge in [-0.2, -0.15) is 0 Å². The third-order valence-electron chi connectivity index (χ3n) is 8.48. The molecule has 44 heavy (non-hydrogen) atoms. The molecule has 0 amide bonds. The van der Waals surface area contributed by atoms with E-state index in [1.807, 2.05) is 24.4 Å². The second-order valence-corrected chi connectivity index (χ2v) is 15.0. The lowest BCUT2D eigenvalue weighted by atomic mass is 9.80. The first-order valence-corrected chi connectivity index (χ1v) is 15.4. The first-order valence-electron chi connectivity index (χ1n) is 15.4. The van der Waals surface area contributed by atoms with E-state index in [-0.39, 0.29) is 22.0 Å². The largest absolute Gasteiger partial charge is 0.507 e. The zero-order valence-corrected chi connectivity index (χ0v) is 27.3. The molecular weight excluding hydrogens is 540 g/mol. The molecule has 0 aliphatic heterocycles. The molecule has 2 heterocycles. The van der Waals surface area contributed by atoms with Gasteiger partial charge in [-0.15, -0.1) is 0 Å². The number of hydrogen-bond acceptors (Lipinski definition) is 4. The van der Waals surface area contributed by atoms with Crippen LogP contribution in [-0.4, -0.2) is 15.1 Å². The van der Waals surface area contributed by atoms with Crippen molar-refractivity contribution in [2.45, 2.75) is 78.6 Å². The number of aromatic nitrogens is 2. The Bertz CT molecular complexity index is 2030. The van der Waals surface area contributed by atoms with Crippen LogP contribution in [-0.2, 0) is 16.2 Å². The van der Waals surface area contributed by atoms with E-state index in [2.05, 4.69) is 111 Å². The van der Waals surface area contributed by atoms with Gasteiger partial charge < -0.3 is 9.52 Å². The number of aromatic hydroxyl groups is 1. The first kappa shape index (κ1) is 29.6. The number of benzene rings is 4. The number of fused-ring (bicyclic) bond motifs is 2. The van der Waals surface area contributed by atoms with Crippen LogP contribution in [0.15, 0.2) is 89.5 Å². The average molecular weight is 583 g/mol.